The maximum Gasteiger partial charge on any atom is 0.149 e. The normalized spacial score (nSPS) is 13.2. The van der Waals surface area contributed by atoms with E-state index in [1.165, 1.54) is 16.7 Å². The smallest absolute Gasteiger partial charge is 0.149 e. The molecule has 0 saturated carbocycles. The molecule has 0 aliphatic carbocycles. The average Bonchev–Trinajstić information content (AvgIpc) is 3.47. The number of aromatic hydroxyl groups is 1. The first kappa shape index (κ1) is 39.0. The molecule has 1 aliphatic rings. The number of nitrogens with zero attached hydrogens (tertiary/aromatic N) is 4. The topological polar surface area (TPSA) is 63.3 Å². The van der Waals surface area contributed by atoms with Crippen LogP contribution in [-0.2, 0) is 21.7 Å². The van der Waals surface area contributed by atoms with Crippen LogP contribution in [0.3, 0.4) is 0 Å². The van der Waals surface area contributed by atoms with Crippen molar-refractivity contribution < 1.29 is 5.11 Å². The van der Waals surface area contributed by atoms with Crippen molar-refractivity contribution in [1.29, 1.82) is 0 Å². The van der Waals surface area contributed by atoms with Crippen molar-refractivity contribution in [2.75, 3.05) is 0 Å². The fraction of sp³-hybridized carbons (Fsp3) is 0.302. The minimum atomic E-state index is -0.310. The molecule has 0 unspecified atom stereocenters. The molecule has 2 aromatic heterocycles. The lowest BCUT2D eigenvalue weighted by atomic mass is 9.79. The second kappa shape index (κ2) is 13.7. The highest BCUT2D eigenvalue weighted by molar-refractivity contribution is 6.05. The Balaban J connectivity index is 1.45. The van der Waals surface area contributed by atoms with Crippen molar-refractivity contribution in [3.8, 4) is 56.5 Å². The predicted octanol–water partition coefficient (Wildman–Crippen LogP) is 14.0. The Labute approximate surface area is 344 Å². The lowest BCUT2D eigenvalue weighted by Crippen LogP contribution is -2.17. The van der Waals surface area contributed by atoms with Crippen LogP contribution >= 0.6 is 0 Å². The molecule has 8 rings (SSSR count). The third-order valence-electron chi connectivity index (χ3n) is 11.5. The van der Waals surface area contributed by atoms with E-state index in [0.717, 1.165) is 67.2 Å². The Bertz CT molecular complexity index is 2760. The molecule has 294 valence electrons. The lowest BCUT2D eigenvalue weighted by Gasteiger charge is -2.27. The van der Waals surface area contributed by atoms with Gasteiger partial charge in [-0.1, -0.05) is 144 Å². The third kappa shape index (κ3) is 7.06. The molecule has 0 fully saturated rings. The van der Waals surface area contributed by atoms with Gasteiger partial charge in [-0.25, -0.2) is 9.97 Å². The van der Waals surface area contributed by atoms with Crippen molar-refractivity contribution in [1.82, 2.24) is 14.5 Å². The minimum Gasteiger partial charge on any atom is -0.507 e. The highest BCUT2D eigenvalue weighted by atomic mass is 16.3. The average molecular weight is 765 g/mol. The molecule has 1 N–H and O–H groups in total. The van der Waals surface area contributed by atoms with Crippen LogP contribution in [0.4, 0.5) is 5.69 Å². The first-order valence-corrected chi connectivity index (χ1v) is 20.5. The van der Waals surface area contributed by atoms with E-state index >= 15 is 0 Å². The van der Waals surface area contributed by atoms with Crippen molar-refractivity contribution in [2.45, 2.75) is 105 Å². The summed E-state index contributed by atoms with van der Waals surface area (Å²) in [5, 5.41) is 12.4. The number of imidazole rings is 1. The maximum atomic E-state index is 12.4. The monoisotopic (exact) mass is 764 g/mol. The molecule has 0 atom stereocenters. The van der Waals surface area contributed by atoms with Crippen LogP contribution in [0.2, 0.25) is 0 Å². The van der Waals surface area contributed by atoms with Crippen LogP contribution < -0.4 is 0 Å². The van der Waals surface area contributed by atoms with Gasteiger partial charge in [0.25, 0.3) is 0 Å². The zero-order valence-electron chi connectivity index (χ0n) is 36.2. The number of hydrogen-bond acceptors (Lipinski definition) is 4. The van der Waals surface area contributed by atoms with Gasteiger partial charge in [0, 0.05) is 28.5 Å². The molecule has 58 heavy (non-hydrogen) atoms. The Hall–Kier alpha value is -5.81. The Morgan fingerprint density at radius 2 is 1.14 bits per heavy atom. The van der Waals surface area contributed by atoms with E-state index in [4.69, 9.17) is 15.0 Å². The molecule has 0 spiro atoms. The summed E-state index contributed by atoms with van der Waals surface area (Å²) in [5.41, 5.74) is 15.0. The van der Waals surface area contributed by atoms with Crippen LogP contribution in [0.1, 0.15) is 111 Å². The standard InChI is InChI=1S/C53H56N4O/c1-50(2,3)36-21-24-45-35(26-36)31-54-42-23-22-39(46-47(42)57(45)49(56-46)40-27-37(51(4,5)6)28-41(48(40)58)53(10,11)12)44-30-38(52(7,8)9)29-43(55-44)34-20-16-19-33(25-34)32-17-14-13-15-18-32/h13-31,58H,1-12H3. The second-order valence-electron chi connectivity index (χ2n) is 20.1. The number of fused-ring (bicyclic) bond motifs is 2. The number of benzene rings is 5. The van der Waals surface area contributed by atoms with Crippen molar-refractivity contribution in [3.05, 3.63) is 137 Å². The van der Waals surface area contributed by atoms with Gasteiger partial charge in [0.05, 0.1) is 33.8 Å². The van der Waals surface area contributed by atoms with Gasteiger partial charge in [0.1, 0.15) is 17.1 Å². The molecule has 5 nitrogen and oxygen atoms in total. The molecule has 0 radical (unpaired) electrons. The molecule has 0 amide bonds. The third-order valence-corrected chi connectivity index (χ3v) is 11.5. The summed E-state index contributed by atoms with van der Waals surface area (Å²) in [5.74, 6) is 0.928. The summed E-state index contributed by atoms with van der Waals surface area (Å²) in [6.07, 6.45) is 1.98. The molecular weight excluding hydrogens is 709 g/mol. The highest BCUT2D eigenvalue weighted by Gasteiger charge is 2.31. The van der Waals surface area contributed by atoms with Gasteiger partial charge in [0.2, 0.25) is 0 Å². The van der Waals surface area contributed by atoms with E-state index in [1.807, 2.05) is 12.3 Å². The quantitative estimate of drug-likeness (QED) is 0.194. The van der Waals surface area contributed by atoms with Crippen LogP contribution in [0, 0.1) is 0 Å². The van der Waals surface area contributed by atoms with Gasteiger partial charge in [0.15, 0.2) is 0 Å². The summed E-state index contributed by atoms with van der Waals surface area (Å²) < 4.78 is 2.23. The predicted molar refractivity (Wildman–Crippen MR) is 244 cm³/mol. The zero-order chi connectivity index (χ0) is 41.5. The first-order valence-electron chi connectivity index (χ1n) is 20.5. The number of hydrogen-bond donors (Lipinski definition) is 1. The number of aromatic nitrogens is 3. The Morgan fingerprint density at radius 1 is 0.500 bits per heavy atom. The summed E-state index contributed by atoms with van der Waals surface area (Å²) in [6, 6.07) is 38.8. The van der Waals surface area contributed by atoms with E-state index in [9.17, 15) is 5.11 Å². The van der Waals surface area contributed by atoms with Crippen LogP contribution in [0.5, 0.6) is 5.75 Å². The molecule has 3 heterocycles. The van der Waals surface area contributed by atoms with Gasteiger partial charge >= 0.3 is 0 Å². The molecule has 5 aromatic carbocycles. The van der Waals surface area contributed by atoms with E-state index in [-0.39, 0.29) is 27.4 Å². The fourth-order valence-electron chi connectivity index (χ4n) is 7.91. The van der Waals surface area contributed by atoms with Gasteiger partial charge in [-0.05, 0) is 98.0 Å². The minimum absolute atomic E-state index is 0.0503. The molecular formula is C53H56N4O. The summed E-state index contributed by atoms with van der Waals surface area (Å²) in [7, 11) is 0. The van der Waals surface area contributed by atoms with E-state index in [1.54, 1.807) is 0 Å². The SMILES string of the molecule is CC(C)(C)c1cc(-c2cccc(-c3ccccc3)c2)nc(-c2ccc3c4c2nc(-c2cc(C(C)(C)C)cc(C(C)(C)C)c2O)n4-c2ccc(C(C)(C)C)cc2C=N3)c1. The van der Waals surface area contributed by atoms with Crippen molar-refractivity contribution in [3.63, 3.8) is 0 Å². The summed E-state index contributed by atoms with van der Waals surface area (Å²) >= 11 is 0. The van der Waals surface area contributed by atoms with Crippen LogP contribution in [0.15, 0.2) is 114 Å². The van der Waals surface area contributed by atoms with Crippen molar-refractivity contribution in [2.24, 2.45) is 4.99 Å². The van der Waals surface area contributed by atoms with Crippen molar-refractivity contribution >= 4 is 22.9 Å². The molecule has 7 aromatic rings. The number of aliphatic imine (C=N–C) groups is 1. The van der Waals surface area contributed by atoms with E-state index in [2.05, 4.69) is 191 Å². The summed E-state index contributed by atoms with van der Waals surface area (Å²) in [6.45, 7) is 26.6. The van der Waals surface area contributed by atoms with E-state index in [0.29, 0.717) is 11.4 Å². The first-order chi connectivity index (χ1) is 27.2. The second-order valence-corrected chi connectivity index (χ2v) is 20.1. The molecule has 0 bridgehead atoms. The number of pyridine rings is 1. The molecule has 1 aliphatic heterocycles. The largest absolute Gasteiger partial charge is 0.507 e. The van der Waals surface area contributed by atoms with Gasteiger partial charge in [-0.3, -0.25) is 9.56 Å². The zero-order valence-corrected chi connectivity index (χ0v) is 36.2. The summed E-state index contributed by atoms with van der Waals surface area (Å²) in [4.78, 5) is 16.2. The fourth-order valence-corrected chi connectivity index (χ4v) is 7.91. The van der Waals surface area contributed by atoms with Gasteiger partial charge in [-0.15, -0.1) is 0 Å². The number of phenols is 1. The molecule has 0 saturated heterocycles. The Kier molecular flexibility index (Phi) is 9.19. The lowest BCUT2D eigenvalue weighted by molar-refractivity contribution is 0.446. The van der Waals surface area contributed by atoms with Gasteiger partial charge < -0.3 is 5.11 Å². The molecule has 5 heteroatoms. The number of phenolic OH excluding ortho intramolecular Hbond substituents is 1. The van der Waals surface area contributed by atoms with Gasteiger partial charge in [-0.2, -0.15) is 0 Å². The van der Waals surface area contributed by atoms with E-state index < -0.39 is 0 Å². The highest BCUT2D eigenvalue weighted by Crippen LogP contribution is 2.47. The van der Waals surface area contributed by atoms with Crippen LogP contribution in [0.25, 0.3) is 61.8 Å². The Morgan fingerprint density at radius 3 is 1.81 bits per heavy atom. The maximum absolute atomic E-state index is 12.4. The number of rotatable bonds is 4. The van der Waals surface area contributed by atoms with Crippen LogP contribution in [-0.4, -0.2) is 25.9 Å².